The van der Waals surface area contributed by atoms with Gasteiger partial charge >= 0.3 is 0 Å². The number of aliphatic hydroxyl groups excluding tert-OH is 1. The molecule has 0 saturated heterocycles. The van der Waals surface area contributed by atoms with Crippen LogP contribution in [-0.4, -0.2) is 41.5 Å². The molecule has 0 aliphatic heterocycles. The lowest BCUT2D eigenvalue weighted by atomic mass is 9.82. The fourth-order valence-electron chi connectivity index (χ4n) is 3.95. The normalized spacial score (nSPS) is 16.9. The van der Waals surface area contributed by atoms with E-state index in [2.05, 4.69) is 24.7 Å². The van der Waals surface area contributed by atoms with E-state index in [1.165, 1.54) is 16.5 Å². The third-order valence-corrected chi connectivity index (χ3v) is 8.39. The molecule has 0 radical (unpaired) electrons. The summed E-state index contributed by atoms with van der Waals surface area (Å²) >= 11 is 5.92. The van der Waals surface area contributed by atoms with Crippen molar-refractivity contribution in [1.29, 1.82) is 0 Å². The van der Waals surface area contributed by atoms with Gasteiger partial charge < -0.3 is 9.52 Å². The lowest BCUT2D eigenvalue weighted by Gasteiger charge is -2.44. The summed E-state index contributed by atoms with van der Waals surface area (Å²) in [4.78, 5) is 4.24. The number of hydrogen-bond acceptors (Lipinski definition) is 5. The second kappa shape index (κ2) is 15.7. The number of sulfonamides is 1. The van der Waals surface area contributed by atoms with E-state index in [9.17, 15) is 13.5 Å². The number of aromatic nitrogens is 1. The summed E-state index contributed by atoms with van der Waals surface area (Å²) in [6, 6.07) is 0. The number of hydrogen-bond donors (Lipinski definition) is 1. The molecule has 8 heteroatoms. The van der Waals surface area contributed by atoms with Crippen molar-refractivity contribution in [2.45, 2.75) is 64.3 Å². The Morgan fingerprint density at radius 3 is 2.40 bits per heavy atom. The van der Waals surface area contributed by atoms with Crippen LogP contribution in [0.5, 0.6) is 0 Å². The Bertz CT molecular complexity index is 1000. The zero-order valence-corrected chi connectivity index (χ0v) is 22.5. The third kappa shape index (κ3) is 9.08. The maximum Gasteiger partial charge on any atom is 0.239 e. The Labute approximate surface area is 216 Å². The highest BCUT2D eigenvalue weighted by molar-refractivity contribution is 7.93. The molecule has 1 aliphatic rings. The van der Waals surface area contributed by atoms with E-state index < -0.39 is 15.6 Å². The first-order valence-electron chi connectivity index (χ1n) is 11.8. The molecular weight excluding hydrogens is 484 g/mol. The Kier molecular flexibility index (Phi) is 13.9. The lowest BCUT2D eigenvalue weighted by molar-refractivity contribution is 0.0574. The molecule has 1 aromatic rings. The smallest absolute Gasteiger partial charge is 0.239 e. The molecule has 0 amide bonds. The number of rotatable bonds is 12. The molecule has 1 aliphatic carbocycles. The van der Waals surface area contributed by atoms with Crippen molar-refractivity contribution in [2.75, 3.05) is 13.2 Å². The Morgan fingerprint density at radius 2 is 1.91 bits per heavy atom. The average Bonchev–Trinajstić information content (AvgIpc) is 3.40. The van der Waals surface area contributed by atoms with Crippen molar-refractivity contribution < 1.29 is 17.9 Å². The van der Waals surface area contributed by atoms with Crippen molar-refractivity contribution in [3.05, 3.63) is 84.5 Å². The van der Waals surface area contributed by atoms with Crippen LogP contribution < -0.4 is 0 Å². The average molecular weight is 523 g/mol. The van der Waals surface area contributed by atoms with Crippen molar-refractivity contribution in [3.8, 4) is 0 Å². The predicted molar refractivity (Wildman–Crippen MR) is 146 cm³/mol. The van der Waals surface area contributed by atoms with Gasteiger partial charge in [0.05, 0.1) is 23.2 Å². The SMILES string of the molecule is C=C/C=C(\C)c1ncco1.C=CCCN(C1(CO)CCCCC1)S(=O)(=O)/C(=C/C=C(/Cl)C=C)CC. The largest absolute Gasteiger partial charge is 0.445 e. The minimum Gasteiger partial charge on any atom is -0.445 e. The van der Waals surface area contributed by atoms with E-state index in [0.29, 0.717) is 43.2 Å². The Hall–Kier alpha value is -2.19. The van der Waals surface area contributed by atoms with Gasteiger partial charge in [-0.3, -0.25) is 0 Å². The van der Waals surface area contributed by atoms with Crippen LogP contribution in [0.15, 0.2) is 83.0 Å². The fourth-order valence-corrected chi connectivity index (χ4v) is 6.00. The molecule has 0 atom stereocenters. The van der Waals surface area contributed by atoms with E-state index in [1.807, 2.05) is 13.0 Å². The van der Waals surface area contributed by atoms with E-state index in [1.54, 1.807) is 37.6 Å². The van der Waals surface area contributed by atoms with Gasteiger partial charge in [0.15, 0.2) is 0 Å². The standard InChI is InChI=1S/C19H30ClNO3S.C8H9NO/c1-4-7-15-21(19(16-22)13-9-8-10-14-19)25(23,24)18(6-3)12-11-17(20)5-2;1-3-4-7(2)8-9-5-6-10-8/h4-5,11-12,22H,1-2,6-10,13-16H2,3H3;3-6H,1H2,2H3/b17-11+,18-12+;7-4+. The first-order chi connectivity index (χ1) is 16.7. The van der Waals surface area contributed by atoms with Gasteiger partial charge in [-0.05, 0) is 44.8 Å². The van der Waals surface area contributed by atoms with Crippen molar-refractivity contribution >= 4 is 27.2 Å². The second-order valence-electron chi connectivity index (χ2n) is 8.26. The first kappa shape index (κ1) is 30.8. The molecule has 1 N–H and O–H groups in total. The molecule has 6 nitrogen and oxygen atoms in total. The third-order valence-electron chi connectivity index (χ3n) is 5.87. The van der Waals surface area contributed by atoms with Crippen molar-refractivity contribution in [3.63, 3.8) is 0 Å². The summed E-state index contributed by atoms with van der Waals surface area (Å²) in [6.07, 6.45) is 18.2. The Morgan fingerprint density at radius 1 is 1.23 bits per heavy atom. The minimum atomic E-state index is -3.71. The molecule has 35 heavy (non-hydrogen) atoms. The van der Waals surface area contributed by atoms with Crippen molar-refractivity contribution in [2.24, 2.45) is 0 Å². The molecule has 0 spiro atoms. The van der Waals surface area contributed by atoms with Crippen LogP contribution >= 0.6 is 11.6 Å². The highest BCUT2D eigenvalue weighted by Gasteiger charge is 2.44. The molecule has 0 aromatic carbocycles. The zero-order chi connectivity index (χ0) is 26.3. The van der Waals surface area contributed by atoms with Gasteiger partial charge in [0, 0.05) is 17.2 Å². The minimum absolute atomic E-state index is 0.163. The van der Waals surface area contributed by atoms with Crippen LogP contribution in [0.2, 0.25) is 0 Å². The molecule has 1 aromatic heterocycles. The number of allylic oxidation sites excluding steroid dienone is 8. The van der Waals surface area contributed by atoms with E-state index in [0.717, 1.165) is 24.8 Å². The van der Waals surface area contributed by atoms with Gasteiger partial charge in [0.1, 0.15) is 6.26 Å². The Balaban J connectivity index is 0.000000507. The molecule has 1 heterocycles. The number of nitrogens with zero attached hydrogens (tertiary/aromatic N) is 2. The van der Waals surface area contributed by atoms with Crippen LogP contribution in [0, 0.1) is 0 Å². The quantitative estimate of drug-likeness (QED) is 0.242. The van der Waals surface area contributed by atoms with Crippen LogP contribution in [0.3, 0.4) is 0 Å². The molecule has 1 saturated carbocycles. The van der Waals surface area contributed by atoms with Crippen LogP contribution in [0.1, 0.15) is 64.7 Å². The topological polar surface area (TPSA) is 83.6 Å². The van der Waals surface area contributed by atoms with Crippen LogP contribution in [-0.2, 0) is 10.0 Å². The van der Waals surface area contributed by atoms with Gasteiger partial charge in [0.2, 0.25) is 15.9 Å². The highest BCUT2D eigenvalue weighted by atomic mass is 35.5. The summed E-state index contributed by atoms with van der Waals surface area (Å²) < 4.78 is 33.2. The second-order valence-corrected chi connectivity index (χ2v) is 10.6. The first-order valence-corrected chi connectivity index (χ1v) is 13.7. The summed E-state index contributed by atoms with van der Waals surface area (Å²) in [5, 5.41) is 10.5. The summed E-state index contributed by atoms with van der Waals surface area (Å²) in [5.74, 6) is 0.653. The molecule has 0 unspecified atom stereocenters. The number of halogens is 1. The zero-order valence-electron chi connectivity index (χ0n) is 21.0. The lowest BCUT2D eigenvalue weighted by Crippen LogP contribution is -2.55. The van der Waals surface area contributed by atoms with Gasteiger partial charge in [-0.15, -0.1) is 6.58 Å². The van der Waals surface area contributed by atoms with Crippen molar-refractivity contribution in [1.82, 2.24) is 9.29 Å². The van der Waals surface area contributed by atoms with Crippen LogP contribution in [0.4, 0.5) is 0 Å². The highest BCUT2D eigenvalue weighted by Crippen LogP contribution is 2.37. The molecule has 2 rings (SSSR count). The molecular formula is C27H39ClN2O4S. The molecule has 194 valence electrons. The predicted octanol–water partition coefficient (Wildman–Crippen LogP) is 6.76. The van der Waals surface area contributed by atoms with E-state index in [-0.39, 0.29) is 11.5 Å². The summed E-state index contributed by atoms with van der Waals surface area (Å²) in [6.45, 7) is 14.7. The van der Waals surface area contributed by atoms with Gasteiger partial charge in [-0.2, -0.15) is 4.31 Å². The van der Waals surface area contributed by atoms with E-state index >= 15 is 0 Å². The molecule has 1 fully saturated rings. The summed E-state index contributed by atoms with van der Waals surface area (Å²) in [7, 11) is -3.71. The van der Waals surface area contributed by atoms with Gasteiger partial charge in [-0.25, -0.2) is 13.4 Å². The maximum absolute atomic E-state index is 13.3. The number of aliphatic hydroxyl groups is 1. The fraction of sp³-hybridized carbons (Fsp3) is 0.444. The number of oxazole rings is 1. The van der Waals surface area contributed by atoms with E-state index in [4.69, 9.17) is 16.0 Å². The van der Waals surface area contributed by atoms with Gasteiger partial charge in [-0.1, -0.05) is 75.2 Å². The molecule has 0 bridgehead atoms. The maximum atomic E-state index is 13.3. The van der Waals surface area contributed by atoms with Crippen LogP contribution in [0.25, 0.3) is 5.57 Å². The van der Waals surface area contributed by atoms with Gasteiger partial charge in [0.25, 0.3) is 0 Å². The monoisotopic (exact) mass is 522 g/mol. The summed E-state index contributed by atoms with van der Waals surface area (Å²) in [5.41, 5.74) is 0.264.